The van der Waals surface area contributed by atoms with Crippen molar-refractivity contribution in [2.45, 2.75) is 25.1 Å². The quantitative estimate of drug-likeness (QED) is 0.402. The molecule has 1 aliphatic heterocycles. The molecule has 0 aliphatic carbocycles. The van der Waals surface area contributed by atoms with E-state index in [1.807, 2.05) is 0 Å². The van der Waals surface area contributed by atoms with Gasteiger partial charge in [0.15, 0.2) is 5.75 Å². The van der Waals surface area contributed by atoms with E-state index < -0.39 is 23.7 Å². The molecule has 174 valence electrons. The number of H-pyrrole nitrogens is 1. The van der Waals surface area contributed by atoms with E-state index >= 15 is 0 Å². The Hall–Kier alpha value is -3.12. The van der Waals surface area contributed by atoms with Crippen molar-refractivity contribution < 1.29 is 27.5 Å². The molecule has 1 unspecified atom stereocenters. The number of rotatable bonds is 4. The average Bonchev–Trinajstić information content (AvgIpc) is 3.19. The van der Waals surface area contributed by atoms with Gasteiger partial charge in [0.1, 0.15) is 5.65 Å². The number of carbonyl (C=O) groups is 2. The standard InChI is InChI=1S/C21H19BrF3N5O3/c22-14-9-27-18-16(17(14)33-20(32)29-13-5-2-6-26-8-13)15(10-28-18)30-19(31)11-3-1-4-12(7-11)21(23,24)25/h1,3-4,7,9-10,13,26H,2,5-6,8H2,(H,27,28)(H,29,32)(H,30,31). The summed E-state index contributed by atoms with van der Waals surface area (Å²) in [7, 11) is 0. The molecule has 12 heteroatoms. The molecule has 0 radical (unpaired) electrons. The number of ether oxygens (including phenoxy) is 1. The van der Waals surface area contributed by atoms with Crippen LogP contribution in [-0.2, 0) is 6.18 Å². The first kappa shape index (κ1) is 23.1. The van der Waals surface area contributed by atoms with Crippen molar-refractivity contribution in [1.82, 2.24) is 20.6 Å². The Morgan fingerprint density at radius 2 is 2.09 bits per heavy atom. The van der Waals surface area contributed by atoms with Gasteiger partial charge in [0.2, 0.25) is 0 Å². The number of aromatic amines is 1. The second-order valence-electron chi connectivity index (χ2n) is 7.47. The molecule has 3 heterocycles. The summed E-state index contributed by atoms with van der Waals surface area (Å²) < 4.78 is 44.9. The number of halogens is 4. The number of benzene rings is 1. The first-order valence-electron chi connectivity index (χ1n) is 10.1. The second kappa shape index (κ2) is 9.40. The molecular weight excluding hydrogens is 507 g/mol. The topological polar surface area (TPSA) is 108 Å². The molecule has 2 aromatic heterocycles. The van der Waals surface area contributed by atoms with Crippen LogP contribution in [0.2, 0.25) is 0 Å². The van der Waals surface area contributed by atoms with Crippen molar-refractivity contribution in [3.05, 3.63) is 52.3 Å². The molecule has 4 rings (SSSR count). The Morgan fingerprint density at radius 3 is 2.82 bits per heavy atom. The lowest BCUT2D eigenvalue weighted by Crippen LogP contribution is -2.46. The number of nitrogens with zero attached hydrogens (tertiary/aromatic N) is 1. The maximum atomic E-state index is 13.0. The van der Waals surface area contributed by atoms with E-state index in [0.29, 0.717) is 22.1 Å². The summed E-state index contributed by atoms with van der Waals surface area (Å²) in [5.74, 6) is -0.646. The number of pyridine rings is 1. The van der Waals surface area contributed by atoms with Crippen molar-refractivity contribution in [2.75, 3.05) is 18.4 Å². The van der Waals surface area contributed by atoms with Crippen molar-refractivity contribution in [2.24, 2.45) is 0 Å². The molecule has 3 aromatic rings. The fourth-order valence-corrected chi connectivity index (χ4v) is 3.92. The number of alkyl halides is 3. The monoisotopic (exact) mass is 525 g/mol. The number of anilines is 1. The van der Waals surface area contributed by atoms with Crippen LogP contribution in [0.25, 0.3) is 11.0 Å². The Morgan fingerprint density at radius 1 is 1.27 bits per heavy atom. The first-order valence-corrected chi connectivity index (χ1v) is 10.8. The highest BCUT2D eigenvalue weighted by Gasteiger charge is 2.31. The van der Waals surface area contributed by atoms with Crippen molar-refractivity contribution >= 4 is 44.7 Å². The van der Waals surface area contributed by atoms with Crippen LogP contribution in [0.3, 0.4) is 0 Å². The van der Waals surface area contributed by atoms with E-state index in [4.69, 9.17) is 4.74 Å². The molecule has 1 atom stereocenters. The Labute approximate surface area is 194 Å². The van der Waals surface area contributed by atoms with E-state index in [9.17, 15) is 22.8 Å². The van der Waals surface area contributed by atoms with Gasteiger partial charge in [-0.1, -0.05) is 6.07 Å². The molecule has 0 spiro atoms. The predicted molar refractivity (Wildman–Crippen MR) is 118 cm³/mol. The second-order valence-corrected chi connectivity index (χ2v) is 8.33. The highest BCUT2D eigenvalue weighted by Crippen LogP contribution is 2.37. The molecular formula is C21H19BrF3N5O3. The maximum absolute atomic E-state index is 13.0. The van der Waals surface area contributed by atoms with Gasteiger partial charge in [-0.15, -0.1) is 0 Å². The third kappa shape index (κ3) is 5.28. The van der Waals surface area contributed by atoms with Gasteiger partial charge < -0.3 is 25.7 Å². The summed E-state index contributed by atoms with van der Waals surface area (Å²) in [5.41, 5.74) is -0.591. The van der Waals surface area contributed by atoms with Gasteiger partial charge >= 0.3 is 12.3 Å². The third-order valence-corrected chi connectivity index (χ3v) is 5.69. The lowest BCUT2D eigenvalue weighted by atomic mass is 10.1. The molecule has 8 nitrogen and oxygen atoms in total. The molecule has 33 heavy (non-hydrogen) atoms. The Bertz CT molecular complexity index is 1190. The van der Waals surface area contributed by atoms with Crippen LogP contribution in [0.15, 0.2) is 41.1 Å². The number of piperidine rings is 1. The van der Waals surface area contributed by atoms with Gasteiger partial charge in [-0.2, -0.15) is 13.2 Å². The smallest absolute Gasteiger partial charge is 0.408 e. The first-order chi connectivity index (χ1) is 15.7. The van der Waals surface area contributed by atoms with Gasteiger partial charge in [-0.05, 0) is 53.5 Å². The maximum Gasteiger partial charge on any atom is 0.416 e. The largest absolute Gasteiger partial charge is 0.416 e. The summed E-state index contributed by atoms with van der Waals surface area (Å²) >= 11 is 3.30. The highest BCUT2D eigenvalue weighted by atomic mass is 79.9. The zero-order valence-electron chi connectivity index (χ0n) is 17.1. The van der Waals surface area contributed by atoms with E-state index in [-0.39, 0.29) is 23.0 Å². The molecule has 4 N–H and O–H groups in total. The van der Waals surface area contributed by atoms with Gasteiger partial charge in [0, 0.05) is 30.5 Å². The minimum atomic E-state index is -4.58. The normalized spacial score (nSPS) is 16.4. The lowest BCUT2D eigenvalue weighted by molar-refractivity contribution is -0.137. The minimum absolute atomic E-state index is 0.0753. The molecule has 0 bridgehead atoms. The highest BCUT2D eigenvalue weighted by molar-refractivity contribution is 9.10. The van der Waals surface area contributed by atoms with Crippen LogP contribution in [0.5, 0.6) is 5.75 Å². The zero-order chi connectivity index (χ0) is 23.6. The SMILES string of the molecule is O=C(NC1CCCNC1)Oc1c(Br)cnc2[nH]cc(NC(=O)c3cccc(C(F)(F)F)c3)c12. The van der Waals surface area contributed by atoms with Crippen LogP contribution >= 0.6 is 15.9 Å². The summed E-state index contributed by atoms with van der Waals surface area (Å²) in [5, 5.41) is 8.83. The summed E-state index contributed by atoms with van der Waals surface area (Å²) in [6.07, 6.45) is -0.648. The number of hydrogen-bond acceptors (Lipinski definition) is 5. The van der Waals surface area contributed by atoms with Crippen LogP contribution in [0, 0.1) is 0 Å². The summed E-state index contributed by atoms with van der Waals surface area (Å²) in [6, 6.07) is 4.01. The van der Waals surface area contributed by atoms with Crippen molar-refractivity contribution in [3.63, 3.8) is 0 Å². The van der Waals surface area contributed by atoms with Crippen LogP contribution in [-0.4, -0.2) is 41.1 Å². The number of aromatic nitrogens is 2. The van der Waals surface area contributed by atoms with Gasteiger partial charge in [0.25, 0.3) is 5.91 Å². The van der Waals surface area contributed by atoms with Gasteiger partial charge in [-0.3, -0.25) is 4.79 Å². The number of nitrogens with one attached hydrogen (secondary N) is 4. The number of hydrogen-bond donors (Lipinski definition) is 4. The lowest BCUT2D eigenvalue weighted by Gasteiger charge is -2.23. The molecule has 0 saturated carbocycles. The van der Waals surface area contributed by atoms with Gasteiger partial charge in [-0.25, -0.2) is 9.78 Å². The molecule has 1 saturated heterocycles. The fourth-order valence-electron chi connectivity index (χ4n) is 3.54. The predicted octanol–water partition coefficient (Wildman–Crippen LogP) is 4.44. The molecule has 1 aromatic carbocycles. The van der Waals surface area contributed by atoms with E-state index in [1.54, 1.807) is 0 Å². The Kier molecular flexibility index (Phi) is 6.56. The van der Waals surface area contributed by atoms with Gasteiger partial charge in [0.05, 0.1) is 21.1 Å². The van der Waals surface area contributed by atoms with E-state index in [0.717, 1.165) is 37.6 Å². The average molecular weight is 526 g/mol. The number of fused-ring (bicyclic) bond motifs is 1. The fraction of sp³-hybridized carbons (Fsp3) is 0.286. The zero-order valence-corrected chi connectivity index (χ0v) is 18.6. The van der Waals surface area contributed by atoms with Crippen LogP contribution < -0.4 is 20.7 Å². The number of carbonyl (C=O) groups excluding carboxylic acids is 2. The minimum Gasteiger partial charge on any atom is -0.408 e. The third-order valence-electron chi connectivity index (χ3n) is 5.12. The summed E-state index contributed by atoms with van der Waals surface area (Å²) in [6.45, 7) is 1.52. The van der Waals surface area contributed by atoms with E-state index in [1.165, 1.54) is 18.5 Å². The van der Waals surface area contributed by atoms with E-state index in [2.05, 4.69) is 41.8 Å². The van der Waals surface area contributed by atoms with Crippen LogP contribution in [0.4, 0.5) is 23.7 Å². The van der Waals surface area contributed by atoms with Crippen molar-refractivity contribution in [1.29, 1.82) is 0 Å². The van der Waals surface area contributed by atoms with Crippen molar-refractivity contribution in [3.8, 4) is 5.75 Å². The van der Waals surface area contributed by atoms with Crippen LogP contribution in [0.1, 0.15) is 28.8 Å². The molecule has 1 aliphatic rings. The number of amides is 2. The summed E-state index contributed by atoms with van der Waals surface area (Å²) in [4.78, 5) is 32.2. The molecule has 2 amide bonds. The molecule has 1 fully saturated rings. The Balaban J connectivity index is 1.58.